The lowest BCUT2D eigenvalue weighted by Crippen LogP contribution is -2.50. The molecule has 2 amide bonds. The van der Waals surface area contributed by atoms with Crippen molar-refractivity contribution in [1.82, 2.24) is 19.6 Å². The van der Waals surface area contributed by atoms with Crippen LogP contribution in [0.3, 0.4) is 0 Å². The van der Waals surface area contributed by atoms with Crippen molar-refractivity contribution in [2.75, 3.05) is 26.2 Å². The molecule has 0 saturated carbocycles. The largest absolute Gasteiger partial charge is 0.335 e. The molecule has 4 rings (SSSR count). The molecular weight excluding hydrogens is 454 g/mol. The van der Waals surface area contributed by atoms with Crippen LogP contribution in [0.15, 0.2) is 48.7 Å². The molecule has 0 aliphatic carbocycles. The van der Waals surface area contributed by atoms with Crippen LogP contribution < -0.4 is 0 Å². The summed E-state index contributed by atoms with van der Waals surface area (Å²) in [7, 11) is 0. The number of halogens is 3. The quantitative estimate of drug-likeness (QED) is 0.559. The van der Waals surface area contributed by atoms with E-state index in [0.29, 0.717) is 43.2 Å². The molecular formula is C23H21Cl2FN4O2. The molecule has 3 aromatic rings. The molecule has 166 valence electrons. The monoisotopic (exact) mass is 474 g/mol. The van der Waals surface area contributed by atoms with Gasteiger partial charge in [-0.2, -0.15) is 5.10 Å². The van der Waals surface area contributed by atoms with Crippen molar-refractivity contribution in [2.24, 2.45) is 0 Å². The summed E-state index contributed by atoms with van der Waals surface area (Å²) in [5.74, 6) is -0.890. The Morgan fingerprint density at radius 1 is 0.969 bits per heavy atom. The first-order valence-corrected chi connectivity index (χ1v) is 11.0. The van der Waals surface area contributed by atoms with E-state index < -0.39 is 5.82 Å². The summed E-state index contributed by atoms with van der Waals surface area (Å²) in [6.07, 6.45) is 2.20. The lowest BCUT2D eigenvalue weighted by Gasteiger charge is -2.35. The van der Waals surface area contributed by atoms with Crippen molar-refractivity contribution < 1.29 is 14.0 Å². The highest BCUT2D eigenvalue weighted by Crippen LogP contribution is 2.22. The average molecular weight is 475 g/mol. The molecule has 2 aromatic carbocycles. The zero-order valence-corrected chi connectivity index (χ0v) is 18.9. The minimum atomic E-state index is -0.494. The van der Waals surface area contributed by atoms with Gasteiger partial charge >= 0.3 is 0 Å². The molecule has 0 unspecified atom stereocenters. The molecule has 0 atom stereocenters. The summed E-state index contributed by atoms with van der Waals surface area (Å²) in [6, 6.07) is 11.0. The number of nitrogens with zero attached hydrogens (tertiary/aromatic N) is 4. The van der Waals surface area contributed by atoms with Crippen molar-refractivity contribution >= 4 is 35.0 Å². The van der Waals surface area contributed by atoms with Gasteiger partial charge < -0.3 is 9.80 Å². The number of rotatable bonds is 4. The summed E-state index contributed by atoms with van der Waals surface area (Å²) in [4.78, 5) is 29.3. The molecule has 0 spiro atoms. The highest BCUT2D eigenvalue weighted by molar-refractivity contribution is 6.33. The zero-order chi connectivity index (χ0) is 22.8. The highest BCUT2D eigenvalue weighted by atomic mass is 35.5. The minimum Gasteiger partial charge on any atom is -0.335 e. The van der Waals surface area contributed by atoms with Gasteiger partial charge in [-0.3, -0.25) is 9.59 Å². The Bertz CT molecular complexity index is 1170. The summed E-state index contributed by atoms with van der Waals surface area (Å²) in [5, 5.41) is 5.09. The minimum absolute atomic E-state index is 0.0783. The van der Waals surface area contributed by atoms with Gasteiger partial charge in [0.05, 0.1) is 33.7 Å². The third-order valence-corrected chi connectivity index (χ3v) is 6.05. The third-order valence-electron chi connectivity index (χ3n) is 5.50. The molecule has 1 aromatic heterocycles. The maximum Gasteiger partial charge on any atom is 0.257 e. The van der Waals surface area contributed by atoms with E-state index in [1.165, 1.54) is 12.1 Å². The van der Waals surface area contributed by atoms with E-state index in [2.05, 4.69) is 5.10 Å². The molecule has 1 fully saturated rings. The first-order chi connectivity index (χ1) is 15.4. The fourth-order valence-electron chi connectivity index (χ4n) is 3.84. The van der Waals surface area contributed by atoms with Crippen molar-refractivity contribution in [2.45, 2.75) is 13.3 Å². The molecule has 0 radical (unpaired) electrons. The van der Waals surface area contributed by atoms with Crippen molar-refractivity contribution in [3.8, 4) is 5.69 Å². The van der Waals surface area contributed by atoms with Crippen LogP contribution >= 0.6 is 23.2 Å². The lowest BCUT2D eigenvalue weighted by atomic mass is 10.1. The van der Waals surface area contributed by atoms with Crippen LogP contribution in [0.1, 0.15) is 33.3 Å². The second-order valence-electron chi connectivity index (χ2n) is 7.46. The Kier molecular flexibility index (Phi) is 6.48. The van der Waals surface area contributed by atoms with Gasteiger partial charge in [0.2, 0.25) is 0 Å². The number of benzene rings is 2. The molecule has 1 aliphatic rings. The molecule has 9 heteroatoms. The molecule has 1 saturated heterocycles. The van der Waals surface area contributed by atoms with E-state index in [0.717, 1.165) is 17.4 Å². The number of hydrogen-bond acceptors (Lipinski definition) is 3. The van der Waals surface area contributed by atoms with E-state index in [4.69, 9.17) is 23.2 Å². The summed E-state index contributed by atoms with van der Waals surface area (Å²) in [5.41, 5.74) is 2.38. The maximum absolute atomic E-state index is 13.3. The highest BCUT2D eigenvalue weighted by Gasteiger charge is 2.28. The van der Waals surface area contributed by atoms with Gasteiger partial charge in [-0.25, -0.2) is 9.07 Å². The number of amides is 2. The first-order valence-electron chi connectivity index (χ1n) is 10.3. The van der Waals surface area contributed by atoms with Crippen LogP contribution in [0.25, 0.3) is 5.69 Å². The van der Waals surface area contributed by atoms with E-state index in [9.17, 15) is 14.0 Å². The van der Waals surface area contributed by atoms with Gasteiger partial charge in [0.25, 0.3) is 11.8 Å². The van der Waals surface area contributed by atoms with Gasteiger partial charge in [0.1, 0.15) is 5.82 Å². The molecule has 0 bridgehead atoms. The van der Waals surface area contributed by atoms with Crippen LogP contribution in [0.4, 0.5) is 4.39 Å². The van der Waals surface area contributed by atoms with Gasteiger partial charge in [-0.05, 0) is 42.8 Å². The normalized spacial score (nSPS) is 14.0. The van der Waals surface area contributed by atoms with Gasteiger partial charge in [0.15, 0.2) is 0 Å². The van der Waals surface area contributed by atoms with Crippen LogP contribution in [-0.4, -0.2) is 57.6 Å². The number of carbonyl (C=O) groups is 2. The van der Waals surface area contributed by atoms with E-state index in [1.807, 2.05) is 19.1 Å². The number of aromatic nitrogens is 2. The summed E-state index contributed by atoms with van der Waals surface area (Å²) < 4.78 is 15.0. The predicted molar refractivity (Wildman–Crippen MR) is 121 cm³/mol. The molecule has 0 N–H and O–H groups in total. The number of carbonyl (C=O) groups excluding carboxylic acids is 2. The molecule has 6 nitrogen and oxygen atoms in total. The SMILES string of the molecule is CCc1c(C(=O)N2CCN(C(=O)c3ccc(F)cc3Cl)CC2)cnn1-c1cccc(Cl)c1. The lowest BCUT2D eigenvalue weighted by molar-refractivity contribution is 0.0535. The smallest absolute Gasteiger partial charge is 0.257 e. The standard InChI is InChI=1S/C23H21Cl2FN4O2/c1-2-21-19(14-27-30(21)17-5-3-4-15(24)12-17)23(32)29-10-8-28(9-11-29)22(31)18-7-6-16(26)13-20(18)25/h3-7,12-14H,2,8-11H2,1H3. The molecule has 2 heterocycles. The van der Waals surface area contributed by atoms with Gasteiger partial charge in [-0.15, -0.1) is 0 Å². The predicted octanol–water partition coefficient (Wildman–Crippen LogP) is 4.48. The van der Waals surface area contributed by atoms with Crippen LogP contribution in [-0.2, 0) is 6.42 Å². The van der Waals surface area contributed by atoms with Gasteiger partial charge in [-0.1, -0.05) is 36.2 Å². The molecule has 32 heavy (non-hydrogen) atoms. The Hall–Kier alpha value is -2.90. The van der Waals surface area contributed by atoms with Crippen LogP contribution in [0, 0.1) is 5.82 Å². The van der Waals surface area contributed by atoms with Crippen molar-refractivity contribution in [1.29, 1.82) is 0 Å². The van der Waals surface area contributed by atoms with Crippen LogP contribution in [0.5, 0.6) is 0 Å². The Balaban J connectivity index is 1.47. The Morgan fingerprint density at radius 3 is 2.22 bits per heavy atom. The van der Waals surface area contributed by atoms with Crippen molar-refractivity contribution in [3.63, 3.8) is 0 Å². The third kappa shape index (κ3) is 4.36. The maximum atomic E-state index is 13.3. The zero-order valence-electron chi connectivity index (χ0n) is 17.4. The number of piperazine rings is 1. The van der Waals surface area contributed by atoms with E-state index in [-0.39, 0.29) is 22.4 Å². The molecule has 1 aliphatic heterocycles. The second kappa shape index (κ2) is 9.30. The summed E-state index contributed by atoms with van der Waals surface area (Å²) in [6.45, 7) is 3.46. The second-order valence-corrected chi connectivity index (χ2v) is 8.30. The topological polar surface area (TPSA) is 58.4 Å². The fraction of sp³-hybridized carbons (Fsp3) is 0.261. The Morgan fingerprint density at radius 2 is 1.62 bits per heavy atom. The number of hydrogen-bond donors (Lipinski definition) is 0. The first kappa shape index (κ1) is 22.3. The van der Waals surface area contributed by atoms with E-state index >= 15 is 0 Å². The summed E-state index contributed by atoms with van der Waals surface area (Å²) >= 11 is 12.1. The van der Waals surface area contributed by atoms with Gasteiger partial charge in [0, 0.05) is 31.2 Å². The van der Waals surface area contributed by atoms with Crippen molar-refractivity contribution in [3.05, 3.63) is 81.3 Å². The Labute approximate surface area is 195 Å². The average Bonchev–Trinajstić information content (AvgIpc) is 3.22. The fourth-order valence-corrected chi connectivity index (χ4v) is 4.27. The van der Waals surface area contributed by atoms with E-state index in [1.54, 1.807) is 32.8 Å². The van der Waals surface area contributed by atoms with Crippen LogP contribution in [0.2, 0.25) is 10.0 Å².